The summed E-state index contributed by atoms with van der Waals surface area (Å²) in [6.07, 6.45) is 1.72. The number of pyridine rings is 1. The lowest BCUT2D eigenvalue weighted by atomic mass is 9.80. The molecule has 0 radical (unpaired) electrons. The van der Waals surface area contributed by atoms with E-state index >= 15 is 0 Å². The molecule has 10 nitrogen and oxygen atoms in total. The average molecular weight is 507 g/mol. The summed E-state index contributed by atoms with van der Waals surface area (Å²) in [5.74, 6) is -0.300. The zero-order valence-corrected chi connectivity index (χ0v) is 20.1. The zero-order chi connectivity index (χ0) is 26.6. The lowest BCUT2D eigenvalue weighted by Crippen LogP contribution is -2.30. The number of hydrogen-bond acceptors (Lipinski definition) is 8. The predicted octanol–water partition coefficient (Wildman–Crippen LogP) is -0.169. The first-order chi connectivity index (χ1) is 18.4. The van der Waals surface area contributed by atoms with Gasteiger partial charge in [0.25, 0.3) is 5.91 Å². The number of aromatic nitrogens is 4. The number of rotatable bonds is 8. The molecule has 0 saturated heterocycles. The van der Waals surface area contributed by atoms with Gasteiger partial charge in [0.05, 0.1) is 36.1 Å². The van der Waals surface area contributed by atoms with Gasteiger partial charge in [0.1, 0.15) is 5.69 Å². The molecule has 1 amide bonds. The van der Waals surface area contributed by atoms with Crippen molar-refractivity contribution in [3.63, 3.8) is 0 Å². The minimum Gasteiger partial charge on any atom is -0.423 e. The molecular weight excluding hydrogens is 484 g/mol. The molecule has 0 aliphatic heterocycles. The second kappa shape index (κ2) is 11.0. The molecule has 2 heterocycles. The molecule has 0 unspecified atom stereocenters. The van der Waals surface area contributed by atoms with Crippen LogP contribution >= 0.6 is 0 Å². The summed E-state index contributed by atoms with van der Waals surface area (Å²) in [7, 11) is -3.11. The third-order valence-electron chi connectivity index (χ3n) is 6.08. The lowest BCUT2D eigenvalue weighted by Gasteiger charge is -2.10. The molecule has 0 saturated carbocycles. The van der Waals surface area contributed by atoms with Gasteiger partial charge < -0.3 is 25.4 Å². The van der Waals surface area contributed by atoms with Gasteiger partial charge in [-0.05, 0) is 28.6 Å². The first kappa shape index (κ1) is 25.3. The van der Waals surface area contributed by atoms with Gasteiger partial charge in [-0.3, -0.25) is 4.79 Å². The maximum absolute atomic E-state index is 13.3. The van der Waals surface area contributed by atoms with Crippen LogP contribution in [0.5, 0.6) is 0 Å². The Balaban J connectivity index is 1.33. The summed E-state index contributed by atoms with van der Waals surface area (Å²) >= 11 is 0. The fourth-order valence-corrected chi connectivity index (χ4v) is 4.14. The quantitative estimate of drug-likeness (QED) is 0.182. The molecule has 3 aromatic carbocycles. The Kier molecular flexibility index (Phi) is 7.29. The number of fused-ring (bicyclic) bond motifs is 1. The van der Waals surface area contributed by atoms with Gasteiger partial charge in [-0.1, -0.05) is 71.9 Å². The molecular formula is C26H23B2N5O5. The van der Waals surface area contributed by atoms with Crippen LogP contribution in [0.4, 0.5) is 0 Å². The number of para-hydroxylation sites is 1. The van der Waals surface area contributed by atoms with Gasteiger partial charge in [0.2, 0.25) is 0 Å². The summed E-state index contributed by atoms with van der Waals surface area (Å²) in [6, 6.07) is 22.6. The third kappa shape index (κ3) is 5.63. The molecule has 0 aliphatic rings. The van der Waals surface area contributed by atoms with E-state index in [2.05, 4.69) is 20.6 Å². The normalized spacial score (nSPS) is 10.9. The SMILES string of the molecule is O=C(NCc1cn(Cc2cccc(B(O)O)c2)nn1)c1cc(-c2ccc(B(O)O)cc2)nc2ccccc12. The largest absolute Gasteiger partial charge is 0.488 e. The number of carbonyl (C=O) groups is 1. The smallest absolute Gasteiger partial charge is 0.423 e. The molecule has 188 valence electrons. The molecule has 5 aromatic rings. The molecule has 5 N–H and O–H groups in total. The lowest BCUT2D eigenvalue weighted by molar-refractivity contribution is 0.0952. The molecule has 5 rings (SSSR count). The summed E-state index contributed by atoms with van der Waals surface area (Å²) in [5.41, 5.74) is 4.55. The Morgan fingerprint density at radius 2 is 1.63 bits per heavy atom. The minimum atomic E-state index is -1.56. The molecule has 12 heteroatoms. The second-order valence-electron chi connectivity index (χ2n) is 8.78. The van der Waals surface area contributed by atoms with E-state index in [0.29, 0.717) is 45.3 Å². The third-order valence-corrected chi connectivity index (χ3v) is 6.08. The van der Waals surface area contributed by atoms with Crippen LogP contribution in [-0.2, 0) is 13.1 Å². The predicted molar refractivity (Wildman–Crippen MR) is 144 cm³/mol. The van der Waals surface area contributed by atoms with Crippen molar-refractivity contribution in [2.75, 3.05) is 0 Å². The van der Waals surface area contributed by atoms with Gasteiger partial charge in [-0.15, -0.1) is 5.10 Å². The van der Waals surface area contributed by atoms with Crippen molar-refractivity contribution in [3.05, 3.63) is 102 Å². The van der Waals surface area contributed by atoms with E-state index in [1.165, 1.54) is 0 Å². The number of nitrogens with one attached hydrogen (secondary N) is 1. The van der Waals surface area contributed by atoms with E-state index in [9.17, 15) is 24.9 Å². The van der Waals surface area contributed by atoms with Crippen molar-refractivity contribution in [2.24, 2.45) is 0 Å². The van der Waals surface area contributed by atoms with Crippen molar-refractivity contribution < 1.29 is 24.9 Å². The zero-order valence-electron chi connectivity index (χ0n) is 20.1. The number of amides is 1. The first-order valence-corrected chi connectivity index (χ1v) is 11.9. The van der Waals surface area contributed by atoms with Crippen LogP contribution in [0.15, 0.2) is 85.1 Å². The van der Waals surface area contributed by atoms with Gasteiger partial charge in [0.15, 0.2) is 0 Å². The highest BCUT2D eigenvalue weighted by molar-refractivity contribution is 6.58. The molecule has 0 atom stereocenters. The number of hydrogen-bond donors (Lipinski definition) is 5. The van der Waals surface area contributed by atoms with E-state index in [0.717, 1.165) is 11.1 Å². The van der Waals surface area contributed by atoms with E-state index in [1.807, 2.05) is 30.3 Å². The molecule has 0 bridgehead atoms. The highest BCUT2D eigenvalue weighted by Crippen LogP contribution is 2.24. The van der Waals surface area contributed by atoms with Crippen LogP contribution in [0.3, 0.4) is 0 Å². The minimum absolute atomic E-state index is 0.156. The van der Waals surface area contributed by atoms with Crippen LogP contribution in [0.25, 0.3) is 22.2 Å². The van der Waals surface area contributed by atoms with Crippen LogP contribution in [0.1, 0.15) is 21.6 Å². The highest BCUT2D eigenvalue weighted by atomic mass is 16.4. The summed E-state index contributed by atoms with van der Waals surface area (Å²) in [4.78, 5) is 17.9. The fourth-order valence-electron chi connectivity index (χ4n) is 4.14. The maximum Gasteiger partial charge on any atom is 0.488 e. The van der Waals surface area contributed by atoms with Crippen molar-refractivity contribution in [2.45, 2.75) is 13.1 Å². The Morgan fingerprint density at radius 3 is 2.39 bits per heavy atom. The Bertz CT molecular complexity index is 1590. The van der Waals surface area contributed by atoms with Crippen LogP contribution in [0, 0.1) is 0 Å². The van der Waals surface area contributed by atoms with Crippen LogP contribution < -0.4 is 16.2 Å². The number of benzene rings is 3. The Morgan fingerprint density at radius 1 is 0.868 bits per heavy atom. The standard InChI is InChI=1S/C26H23B2N5O5/c34-26(29-14-21-16-33(32-31-21)15-17-4-3-5-20(12-17)28(37)38)23-13-25(30-24-7-2-1-6-22(23)24)18-8-10-19(11-9-18)27(35)36/h1-13,16,35-38H,14-15H2,(H,29,34). The molecule has 2 aromatic heterocycles. The Hall–Kier alpha value is -4.35. The van der Waals surface area contributed by atoms with Gasteiger partial charge >= 0.3 is 14.2 Å². The van der Waals surface area contributed by atoms with Crippen LogP contribution in [0.2, 0.25) is 0 Å². The van der Waals surface area contributed by atoms with Crippen molar-refractivity contribution in [1.82, 2.24) is 25.3 Å². The number of nitrogens with zero attached hydrogens (tertiary/aromatic N) is 4. The van der Waals surface area contributed by atoms with Crippen molar-refractivity contribution in [1.29, 1.82) is 0 Å². The van der Waals surface area contributed by atoms with Gasteiger partial charge in [0, 0.05) is 10.9 Å². The van der Waals surface area contributed by atoms with Crippen molar-refractivity contribution in [3.8, 4) is 11.3 Å². The van der Waals surface area contributed by atoms with E-state index in [-0.39, 0.29) is 12.5 Å². The Labute approximate surface area is 218 Å². The second-order valence-corrected chi connectivity index (χ2v) is 8.78. The summed E-state index contributed by atoms with van der Waals surface area (Å²) < 4.78 is 1.61. The first-order valence-electron chi connectivity index (χ1n) is 11.9. The van der Waals surface area contributed by atoms with Gasteiger partial charge in [-0.2, -0.15) is 0 Å². The molecule has 0 spiro atoms. The molecule has 0 fully saturated rings. The van der Waals surface area contributed by atoms with E-state index in [1.54, 1.807) is 59.4 Å². The highest BCUT2D eigenvalue weighted by Gasteiger charge is 2.16. The average Bonchev–Trinajstić information content (AvgIpc) is 3.38. The monoisotopic (exact) mass is 507 g/mol. The molecule has 38 heavy (non-hydrogen) atoms. The molecule has 0 aliphatic carbocycles. The van der Waals surface area contributed by atoms with Crippen molar-refractivity contribution >= 4 is 42.0 Å². The van der Waals surface area contributed by atoms with E-state index < -0.39 is 14.2 Å². The van der Waals surface area contributed by atoms with E-state index in [4.69, 9.17) is 0 Å². The maximum atomic E-state index is 13.3. The fraction of sp³-hybridized carbons (Fsp3) is 0.0769. The van der Waals surface area contributed by atoms with Gasteiger partial charge in [-0.25, -0.2) is 9.67 Å². The van der Waals surface area contributed by atoms with Crippen LogP contribution in [-0.4, -0.2) is 60.2 Å². The number of carbonyl (C=O) groups excluding carboxylic acids is 1. The summed E-state index contributed by atoms with van der Waals surface area (Å²) in [6.45, 7) is 0.537. The topological polar surface area (TPSA) is 154 Å². The summed E-state index contributed by atoms with van der Waals surface area (Å²) in [5, 5.41) is 49.3.